The molecule has 1 aromatic rings. The van der Waals surface area contributed by atoms with Gasteiger partial charge in [0.05, 0.1) is 4.90 Å². The van der Waals surface area contributed by atoms with Crippen molar-refractivity contribution in [1.29, 1.82) is 0 Å². The second-order valence-corrected chi connectivity index (χ2v) is 7.77. The number of nitrogens with two attached hydrogens (primary N) is 2. The highest BCUT2D eigenvalue weighted by molar-refractivity contribution is 7.89. The number of nitrogens with zero attached hydrogens (tertiary/aromatic N) is 1. The Morgan fingerprint density at radius 3 is 2.64 bits per heavy atom. The number of hydrogen-bond acceptors (Lipinski definition) is 4. The van der Waals surface area contributed by atoms with Gasteiger partial charge in [-0.2, -0.15) is 4.31 Å². The van der Waals surface area contributed by atoms with E-state index in [0.717, 1.165) is 19.3 Å². The standard InChI is InChI=1S/C15H23N3O3S/c1-10-6-7-12(9-13(10)15(17)19)22(20,21)18-8-4-3-5-14(18)11(2)16/h6-7,9,11,14H,3-5,8,16H2,1-2H3,(H2,17,19). The second kappa shape index (κ2) is 6.36. The van der Waals surface area contributed by atoms with Crippen LogP contribution in [0.1, 0.15) is 42.1 Å². The zero-order valence-corrected chi connectivity index (χ0v) is 13.8. The summed E-state index contributed by atoms with van der Waals surface area (Å²) >= 11 is 0. The summed E-state index contributed by atoms with van der Waals surface area (Å²) in [6.45, 7) is 4.00. The van der Waals surface area contributed by atoms with Gasteiger partial charge in [-0.25, -0.2) is 8.42 Å². The van der Waals surface area contributed by atoms with Crippen molar-refractivity contribution in [2.45, 2.75) is 50.1 Å². The van der Waals surface area contributed by atoms with Crippen molar-refractivity contribution >= 4 is 15.9 Å². The fourth-order valence-electron chi connectivity index (χ4n) is 2.92. The van der Waals surface area contributed by atoms with Crippen LogP contribution >= 0.6 is 0 Å². The zero-order chi connectivity index (χ0) is 16.5. The van der Waals surface area contributed by atoms with E-state index in [1.54, 1.807) is 13.0 Å². The Kier molecular flexibility index (Phi) is 4.89. The number of amides is 1. The normalized spacial score (nSPS) is 21.5. The highest BCUT2D eigenvalue weighted by Crippen LogP contribution is 2.27. The van der Waals surface area contributed by atoms with Gasteiger partial charge >= 0.3 is 0 Å². The fourth-order valence-corrected chi connectivity index (χ4v) is 4.72. The molecule has 1 aromatic carbocycles. The number of benzene rings is 1. The van der Waals surface area contributed by atoms with E-state index < -0.39 is 15.9 Å². The monoisotopic (exact) mass is 325 g/mol. The van der Waals surface area contributed by atoms with E-state index in [9.17, 15) is 13.2 Å². The summed E-state index contributed by atoms with van der Waals surface area (Å²) in [6, 6.07) is 4.04. The topological polar surface area (TPSA) is 106 Å². The first-order valence-electron chi connectivity index (χ1n) is 7.43. The lowest BCUT2D eigenvalue weighted by atomic mass is 10.00. The molecule has 1 aliphatic rings. The quantitative estimate of drug-likeness (QED) is 0.860. The summed E-state index contributed by atoms with van der Waals surface area (Å²) in [5, 5.41) is 0. The number of hydrogen-bond donors (Lipinski definition) is 2. The van der Waals surface area contributed by atoms with E-state index in [0.29, 0.717) is 12.1 Å². The van der Waals surface area contributed by atoms with Crippen LogP contribution in [0.15, 0.2) is 23.1 Å². The van der Waals surface area contributed by atoms with Crippen LogP contribution in [0.4, 0.5) is 0 Å². The second-order valence-electron chi connectivity index (χ2n) is 5.88. The minimum absolute atomic E-state index is 0.0967. The van der Waals surface area contributed by atoms with Gasteiger partial charge in [0.15, 0.2) is 0 Å². The SMILES string of the molecule is Cc1ccc(S(=O)(=O)N2CCCCC2C(C)N)cc1C(N)=O. The Bertz CT molecular complexity index is 671. The first-order valence-corrected chi connectivity index (χ1v) is 8.87. The molecule has 1 fully saturated rings. The third-order valence-electron chi connectivity index (χ3n) is 4.19. The highest BCUT2D eigenvalue weighted by Gasteiger charge is 2.35. The van der Waals surface area contributed by atoms with Gasteiger partial charge in [0.2, 0.25) is 15.9 Å². The summed E-state index contributed by atoms with van der Waals surface area (Å²) in [5.41, 5.74) is 12.2. The molecule has 22 heavy (non-hydrogen) atoms. The minimum atomic E-state index is -3.68. The van der Waals surface area contributed by atoms with Crippen LogP contribution in [0.5, 0.6) is 0 Å². The third-order valence-corrected chi connectivity index (χ3v) is 6.11. The van der Waals surface area contributed by atoms with Crippen LogP contribution in [0.2, 0.25) is 0 Å². The summed E-state index contributed by atoms with van der Waals surface area (Å²) in [6.07, 6.45) is 2.54. The van der Waals surface area contributed by atoms with Gasteiger partial charge in [0.25, 0.3) is 0 Å². The third kappa shape index (κ3) is 3.16. The van der Waals surface area contributed by atoms with Gasteiger partial charge in [-0.1, -0.05) is 12.5 Å². The molecule has 0 aromatic heterocycles. The molecule has 1 amide bonds. The van der Waals surface area contributed by atoms with E-state index in [1.807, 2.05) is 6.92 Å². The zero-order valence-electron chi connectivity index (χ0n) is 13.0. The van der Waals surface area contributed by atoms with Crippen LogP contribution < -0.4 is 11.5 Å². The van der Waals surface area contributed by atoms with Crippen molar-refractivity contribution in [3.05, 3.63) is 29.3 Å². The van der Waals surface area contributed by atoms with Crippen LogP contribution in [0.3, 0.4) is 0 Å². The number of carbonyl (C=O) groups is 1. The smallest absolute Gasteiger partial charge is 0.249 e. The first kappa shape index (κ1) is 16.9. The van der Waals surface area contributed by atoms with Crippen molar-refractivity contribution < 1.29 is 13.2 Å². The fraction of sp³-hybridized carbons (Fsp3) is 0.533. The average Bonchev–Trinajstić information content (AvgIpc) is 2.47. The predicted molar refractivity (Wildman–Crippen MR) is 84.9 cm³/mol. The number of aryl methyl sites for hydroxylation is 1. The molecule has 122 valence electrons. The molecule has 0 radical (unpaired) electrons. The predicted octanol–water partition coefficient (Wildman–Crippen LogP) is 0.984. The van der Waals surface area contributed by atoms with Crippen molar-refractivity contribution in [3.63, 3.8) is 0 Å². The number of carbonyl (C=O) groups excluding carboxylic acids is 1. The van der Waals surface area contributed by atoms with Gasteiger partial charge < -0.3 is 11.5 Å². The van der Waals surface area contributed by atoms with E-state index in [4.69, 9.17) is 11.5 Å². The Morgan fingerprint density at radius 2 is 2.05 bits per heavy atom. The summed E-state index contributed by atoms with van der Waals surface area (Å²) in [4.78, 5) is 11.5. The summed E-state index contributed by atoms with van der Waals surface area (Å²) in [5.74, 6) is -0.628. The average molecular weight is 325 g/mol. The van der Waals surface area contributed by atoms with E-state index in [2.05, 4.69) is 0 Å². The van der Waals surface area contributed by atoms with Crippen molar-refractivity contribution in [2.24, 2.45) is 11.5 Å². The molecule has 7 heteroatoms. The van der Waals surface area contributed by atoms with Crippen LogP contribution in [-0.4, -0.2) is 37.3 Å². The van der Waals surface area contributed by atoms with E-state index in [1.165, 1.54) is 16.4 Å². The molecule has 6 nitrogen and oxygen atoms in total. The molecule has 2 unspecified atom stereocenters. The number of piperidine rings is 1. The maximum absolute atomic E-state index is 12.9. The van der Waals surface area contributed by atoms with Crippen LogP contribution in [-0.2, 0) is 10.0 Å². The van der Waals surface area contributed by atoms with Gasteiger partial charge in [-0.3, -0.25) is 4.79 Å². The lowest BCUT2D eigenvalue weighted by Crippen LogP contribution is -2.51. The molecule has 4 N–H and O–H groups in total. The number of rotatable bonds is 4. The van der Waals surface area contributed by atoms with Crippen LogP contribution in [0, 0.1) is 6.92 Å². The van der Waals surface area contributed by atoms with Gasteiger partial charge in [-0.15, -0.1) is 0 Å². The Labute approximate surface area is 131 Å². The first-order chi connectivity index (χ1) is 10.2. The lowest BCUT2D eigenvalue weighted by Gasteiger charge is -2.37. The molecule has 2 rings (SSSR count). The van der Waals surface area contributed by atoms with Crippen LogP contribution in [0.25, 0.3) is 0 Å². The maximum Gasteiger partial charge on any atom is 0.249 e. The largest absolute Gasteiger partial charge is 0.366 e. The van der Waals surface area contributed by atoms with E-state index in [-0.39, 0.29) is 22.5 Å². The molecule has 0 spiro atoms. The molecular formula is C15H23N3O3S. The molecule has 2 atom stereocenters. The Hall–Kier alpha value is -1.44. The minimum Gasteiger partial charge on any atom is -0.366 e. The number of primary amides is 1. The summed E-state index contributed by atoms with van der Waals surface area (Å²) in [7, 11) is -3.68. The van der Waals surface area contributed by atoms with Gasteiger partial charge in [0, 0.05) is 24.2 Å². The molecule has 1 aliphatic heterocycles. The molecule has 0 bridgehead atoms. The molecule has 1 heterocycles. The van der Waals surface area contributed by atoms with E-state index >= 15 is 0 Å². The van der Waals surface area contributed by atoms with Crippen molar-refractivity contribution in [3.8, 4) is 0 Å². The Morgan fingerprint density at radius 1 is 1.36 bits per heavy atom. The summed E-state index contributed by atoms with van der Waals surface area (Å²) < 4.78 is 27.3. The lowest BCUT2D eigenvalue weighted by molar-refractivity contribution is 0.0999. The molecule has 0 aliphatic carbocycles. The van der Waals surface area contributed by atoms with Gasteiger partial charge in [0.1, 0.15) is 0 Å². The Balaban J connectivity index is 2.45. The highest BCUT2D eigenvalue weighted by atomic mass is 32.2. The maximum atomic E-state index is 12.9. The number of sulfonamides is 1. The molecular weight excluding hydrogens is 302 g/mol. The van der Waals surface area contributed by atoms with Gasteiger partial charge in [-0.05, 0) is 44.4 Å². The van der Waals surface area contributed by atoms with Crippen molar-refractivity contribution in [1.82, 2.24) is 4.31 Å². The molecule has 1 saturated heterocycles. The van der Waals surface area contributed by atoms with Crippen molar-refractivity contribution in [2.75, 3.05) is 6.54 Å². The molecule has 0 saturated carbocycles.